The fourth-order valence-electron chi connectivity index (χ4n) is 2.22. The molecule has 2 N–H and O–H groups in total. The van der Waals surface area contributed by atoms with Crippen LogP contribution in [0.5, 0.6) is 5.75 Å². The summed E-state index contributed by atoms with van der Waals surface area (Å²) in [5.41, 5.74) is 1.93. The number of ether oxygens (including phenoxy) is 1. The monoisotopic (exact) mass is 289 g/mol. The summed E-state index contributed by atoms with van der Waals surface area (Å²) >= 11 is 1.28. The van der Waals surface area contributed by atoms with E-state index < -0.39 is 0 Å². The molecule has 1 aliphatic rings. The Hall–Kier alpha value is -2.08. The third kappa shape index (κ3) is 2.75. The lowest BCUT2D eigenvalue weighted by Gasteiger charge is -2.26. The first-order valence-electron chi connectivity index (χ1n) is 6.45. The molecule has 0 saturated heterocycles. The van der Waals surface area contributed by atoms with Gasteiger partial charge in [0.1, 0.15) is 10.8 Å². The zero-order chi connectivity index (χ0) is 13.9. The van der Waals surface area contributed by atoms with Gasteiger partial charge in [-0.2, -0.15) is 4.37 Å². The molecule has 1 aliphatic heterocycles. The molecule has 6 heteroatoms. The summed E-state index contributed by atoms with van der Waals surface area (Å²) in [7, 11) is 0. The lowest BCUT2D eigenvalue weighted by atomic mass is 10.0. The highest BCUT2D eigenvalue weighted by atomic mass is 32.1. The standard InChI is InChI=1S/C14H15N3O2S/c1-9-8-13(20-17-9)16-14(18)15-11-6-7-19-12-5-3-2-4-10(11)12/h2-5,8,11H,6-7H2,1H3,(H2,15,16,18)/t11-/m0/s1. The average Bonchev–Trinajstić information content (AvgIpc) is 2.84. The van der Waals surface area contributed by atoms with Gasteiger partial charge >= 0.3 is 6.03 Å². The Morgan fingerprint density at radius 1 is 1.45 bits per heavy atom. The fraction of sp³-hybridized carbons (Fsp3) is 0.286. The number of nitrogens with zero attached hydrogens (tertiary/aromatic N) is 1. The van der Waals surface area contributed by atoms with Gasteiger partial charge in [0.05, 0.1) is 18.3 Å². The van der Waals surface area contributed by atoms with E-state index in [-0.39, 0.29) is 12.1 Å². The predicted molar refractivity (Wildman–Crippen MR) is 78.3 cm³/mol. The van der Waals surface area contributed by atoms with E-state index in [0.29, 0.717) is 6.61 Å². The van der Waals surface area contributed by atoms with Crippen LogP contribution < -0.4 is 15.4 Å². The molecule has 1 aromatic heterocycles. The number of hydrogen-bond donors (Lipinski definition) is 2. The molecule has 20 heavy (non-hydrogen) atoms. The van der Waals surface area contributed by atoms with Crippen molar-refractivity contribution in [3.63, 3.8) is 0 Å². The summed E-state index contributed by atoms with van der Waals surface area (Å²) in [5.74, 6) is 0.845. The van der Waals surface area contributed by atoms with Gasteiger partial charge in [0.2, 0.25) is 0 Å². The van der Waals surface area contributed by atoms with Crippen LogP contribution in [0.1, 0.15) is 23.7 Å². The number of benzene rings is 1. The Bertz CT molecular complexity index is 626. The first-order chi connectivity index (χ1) is 9.72. The maximum atomic E-state index is 12.0. The van der Waals surface area contributed by atoms with E-state index in [0.717, 1.165) is 28.4 Å². The lowest BCUT2D eigenvalue weighted by molar-refractivity contribution is 0.232. The van der Waals surface area contributed by atoms with E-state index in [1.165, 1.54) is 11.5 Å². The van der Waals surface area contributed by atoms with Gasteiger partial charge < -0.3 is 10.1 Å². The summed E-state index contributed by atoms with van der Waals surface area (Å²) in [5, 5.41) is 6.54. The second-order valence-electron chi connectivity index (χ2n) is 4.66. The van der Waals surface area contributed by atoms with Crippen LogP contribution in [0.2, 0.25) is 0 Å². The highest BCUT2D eigenvalue weighted by Crippen LogP contribution is 2.31. The largest absolute Gasteiger partial charge is 0.493 e. The molecule has 1 atom stereocenters. The normalized spacial score (nSPS) is 16.9. The van der Waals surface area contributed by atoms with Crippen LogP contribution in [0.15, 0.2) is 30.3 Å². The Balaban J connectivity index is 1.68. The molecule has 5 nitrogen and oxygen atoms in total. The van der Waals surface area contributed by atoms with Crippen LogP contribution in [0, 0.1) is 6.92 Å². The Labute approximate surface area is 121 Å². The quantitative estimate of drug-likeness (QED) is 0.893. The maximum absolute atomic E-state index is 12.0. The summed E-state index contributed by atoms with van der Waals surface area (Å²) in [6.07, 6.45) is 0.770. The van der Waals surface area contributed by atoms with E-state index in [2.05, 4.69) is 15.0 Å². The molecule has 0 bridgehead atoms. The highest BCUT2D eigenvalue weighted by molar-refractivity contribution is 7.10. The highest BCUT2D eigenvalue weighted by Gasteiger charge is 2.22. The van der Waals surface area contributed by atoms with Crippen molar-refractivity contribution in [1.29, 1.82) is 0 Å². The first kappa shape index (κ1) is 12.9. The zero-order valence-corrected chi connectivity index (χ0v) is 11.9. The number of urea groups is 1. The topological polar surface area (TPSA) is 63.2 Å². The van der Waals surface area contributed by atoms with Gasteiger partial charge in [-0.15, -0.1) is 0 Å². The van der Waals surface area contributed by atoms with Crippen LogP contribution in [0.3, 0.4) is 0 Å². The molecule has 3 rings (SSSR count). The van der Waals surface area contributed by atoms with Gasteiger partial charge in [-0.25, -0.2) is 4.79 Å². The van der Waals surface area contributed by atoms with E-state index in [4.69, 9.17) is 4.74 Å². The molecule has 2 heterocycles. The molecule has 1 aromatic carbocycles. The van der Waals surface area contributed by atoms with Crippen molar-refractivity contribution in [2.24, 2.45) is 0 Å². The van der Waals surface area contributed by atoms with Crippen molar-refractivity contribution in [3.05, 3.63) is 41.6 Å². The molecule has 0 saturated carbocycles. The number of hydrogen-bond acceptors (Lipinski definition) is 4. The van der Waals surface area contributed by atoms with Crippen LogP contribution in [0.25, 0.3) is 0 Å². The van der Waals surface area contributed by atoms with Crippen molar-refractivity contribution in [3.8, 4) is 5.75 Å². The smallest absolute Gasteiger partial charge is 0.320 e. The van der Waals surface area contributed by atoms with Gasteiger partial charge in [-0.3, -0.25) is 5.32 Å². The van der Waals surface area contributed by atoms with E-state index >= 15 is 0 Å². The van der Waals surface area contributed by atoms with Crippen LogP contribution in [-0.2, 0) is 0 Å². The number of rotatable bonds is 2. The Morgan fingerprint density at radius 3 is 3.10 bits per heavy atom. The summed E-state index contributed by atoms with van der Waals surface area (Å²) in [4.78, 5) is 12.0. The third-order valence-corrected chi connectivity index (χ3v) is 3.92. The molecule has 0 aliphatic carbocycles. The van der Waals surface area contributed by atoms with Gasteiger partial charge in [-0.05, 0) is 30.6 Å². The fourth-order valence-corrected chi connectivity index (χ4v) is 2.88. The Kier molecular flexibility index (Phi) is 3.56. The number of anilines is 1. The van der Waals surface area contributed by atoms with Gasteiger partial charge in [0.15, 0.2) is 0 Å². The summed E-state index contributed by atoms with van der Waals surface area (Å²) in [6.45, 7) is 2.51. The number of aromatic nitrogens is 1. The molecular formula is C14H15N3O2S. The minimum absolute atomic E-state index is 0.0195. The summed E-state index contributed by atoms with van der Waals surface area (Å²) in [6, 6.07) is 9.41. The maximum Gasteiger partial charge on any atom is 0.320 e. The van der Waals surface area contributed by atoms with Gasteiger partial charge in [0, 0.05) is 12.0 Å². The van der Waals surface area contributed by atoms with Gasteiger partial charge in [-0.1, -0.05) is 18.2 Å². The van der Waals surface area contributed by atoms with Crippen molar-refractivity contribution >= 4 is 22.6 Å². The minimum atomic E-state index is -0.213. The molecule has 104 valence electrons. The second kappa shape index (κ2) is 5.50. The van der Waals surface area contributed by atoms with Crippen molar-refractivity contribution in [2.75, 3.05) is 11.9 Å². The number of nitrogens with one attached hydrogen (secondary N) is 2. The number of carbonyl (C=O) groups excluding carboxylic acids is 1. The van der Waals surface area contributed by atoms with E-state index in [1.54, 1.807) is 0 Å². The van der Waals surface area contributed by atoms with E-state index in [9.17, 15) is 4.79 Å². The minimum Gasteiger partial charge on any atom is -0.493 e. The average molecular weight is 289 g/mol. The lowest BCUT2D eigenvalue weighted by Crippen LogP contribution is -2.35. The van der Waals surface area contributed by atoms with Crippen LogP contribution in [-0.4, -0.2) is 17.0 Å². The molecule has 0 spiro atoms. The predicted octanol–water partition coefficient (Wildman–Crippen LogP) is 3.10. The number of aryl methyl sites for hydroxylation is 1. The number of amides is 2. The van der Waals surface area contributed by atoms with Crippen LogP contribution in [0.4, 0.5) is 9.80 Å². The van der Waals surface area contributed by atoms with Crippen molar-refractivity contribution < 1.29 is 9.53 Å². The number of carbonyl (C=O) groups is 1. The molecule has 0 fully saturated rings. The Morgan fingerprint density at radius 2 is 2.30 bits per heavy atom. The first-order valence-corrected chi connectivity index (χ1v) is 7.22. The third-order valence-electron chi connectivity index (χ3n) is 3.13. The molecular weight excluding hydrogens is 274 g/mol. The molecule has 0 radical (unpaired) electrons. The molecule has 2 aromatic rings. The van der Waals surface area contributed by atoms with Crippen molar-refractivity contribution in [1.82, 2.24) is 9.69 Å². The van der Waals surface area contributed by atoms with Crippen molar-refractivity contribution in [2.45, 2.75) is 19.4 Å². The van der Waals surface area contributed by atoms with E-state index in [1.807, 2.05) is 37.3 Å². The molecule has 2 amide bonds. The number of para-hydroxylation sites is 1. The van der Waals surface area contributed by atoms with Crippen LogP contribution >= 0.6 is 11.5 Å². The SMILES string of the molecule is Cc1cc(NC(=O)N[C@H]2CCOc3ccccc32)sn1. The molecule has 0 unspecified atom stereocenters. The summed E-state index contributed by atoms with van der Waals surface area (Å²) < 4.78 is 9.71. The van der Waals surface area contributed by atoms with Gasteiger partial charge in [0.25, 0.3) is 0 Å². The number of fused-ring (bicyclic) bond motifs is 1. The zero-order valence-electron chi connectivity index (χ0n) is 11.1. The second-order valence-corrected chi connectivity index (χ2v) is 5.46.